The van der Waals surface area contributed by atoms with Gasteiger partial charge in [-0.2, -0.15) is 0 Å². The normalized spacial score (nSPS) is 21.8. The standard InChI is InChI=1S/C9H14N2O/c1-2-3-9(12)11-5-4-8(6-10)7-11/h8H,4-7,10H2,1H3. The zero-order valence-electron chi connectivity index (χ0n) is 7.34. The number of hydrogen-bond donors (Lipinski definition) is 1. The van der Waals surface area contributed by atoms with Crippen LogP contribution in [0.4, 0.5) is 0 Å². The Morgan fingerprint density at radius 3 is 3.00 bits per heavy atom. The van der Waals surface area contributed by atoms with E-state index in [1.54, 1.807) is 11.8 Å². The summed E-state index contributed by atoms with van der Waals surface area (Å²) >= 11 is 0. The summed E-state index contributed by atoms with van der Waals surface area (Å²) in [5.41, 5.74) is 5.50. The van der Waals surface area contributed by atoms with Gasteiger partial charge in [0.05, 0.1) is 0 Å². The molecule has 12 heavy (non-hydrogen) atoms. The van der Waals surface area contributed by atoms with Crippen LogP contribution in [-0.2, 0) is 4.79 Å². The third kappa shape index (κ3) is 1.99. The third-order valence-corrected chi connectivity index (χ3v) is 2.14. The number of likely N-dealkylation sites (tertiary alicyclic amines) is 1. The highest BCUT2D eigenvalue weighted by atomic mass is 16.2. The first kappa shape index (κ1) is 9.08. The smallest absolute Gasteiger partial charge is 0.298 e. The Labute approximate surface area is 72.9 Å². The summed E-state index contributed by atoms with van der Waals surface area (Å²) < 4.78 is 0. The molecule has 1 atom stereocenters. The molecule has 0 radical (unpaired) electrons. The van der Waals surface area contributed by atoms with Crippen LogP contribution in [0.2, 0.25) is 0 Å². The van der Waals surface area contributed by atoms with Gasteiger partial charge >= 0.3 is 0 Å². The molecule has 2 N–H and O–H groups in total. The Kier molecular flexibility index (Phi) is 3.12. The lowest BCUT2D eigenvalue weighted by Crippen LogP contribution is -2.28. The molecule has 0 aromatic heterocycles. The lowest BCUT2D eigenvalue weighted by molar-refractivity contribution is -0.124. The van der Waals surface area contributed by atoms with E-state index in [2.05, 4.69) is 11.8 Å². The summed E-state index contributed by atoms with van der Waals surface area (Å²) in [6.07, 6.45) is 1.02. The minimum absolute atomic E-state index is 0.0616. The maximum absolute atomic E-state index is 11.2. The Morgan fingerprint density at radius 2 is 2.50 bits per heavy atom. The molecule has 1 aliphatic rings. The molecule has 1 saturated heterocycles. The summed E-state index contributed by atoms with van der Waals surface area (Å²) in [5, 5.41) is 0. The second-order valence-electron chi connectivity index (χ2n) is 3.02. The summed E-state index contributed by atoms with van der Waals surface area (Å²) in [6, 6.07) is 0. The van der Waals surface area contributed by atoms with Crippen LogP contribution >= 0.6 is 0 Å². The van der Waals surface area contributed by atoms with E-state index in [1.165, 1.54) is 0 Å². The number of carbonyl (C=O) groups excluding carboxylic acids is 1. The molecule has 1 aliphatic heterocycles. The van der Waals surface area contributed by atoms with Gasteiger partial charge in [0.15, 0.2) is 0 Å². The molecule has 0 aromatic rings. The molecular formula is C9H14N2O. The van der Waals surface area contributed by atoms with Gasteiger partial charge in [-0.15, -0.1) is 0 Å². The van der Waals surface area contributed by atoms with Gasteiger partial charge in [-0.05, 0) is 31.7 Å². The highest BCUT2D eigenvalue weighted by Gasteiger charge is 2.23. The molecule has 3 nitrogen and oxygen atoms in total. The highest BCUT2D eigenvalue weighted by molar-refractivity contribution is 5.93. The van der Waals surface area contributed by atoms with Crippen LogP contribution in [0.3, 0.4) is 0 Å². The largest absolute Gasteiger partial charge is 0.332 e. The van der Waals surface area contributed by atoms with Gasteiger partial charge in [-0.3, -0.25) is 4.79 Å². The number of rotatable bonds is 1. The van der Waals surface area contributed by atoms with Gasteiger partial charge in [0, 0.05) is 13.1 Å². The molecule has 1 amide bonds. The van der Waals surface area contributed by atoms with Crippen molar-refractivity contribution in [3.05, 3.63) is 0 Å². The third-order valence-electron chi connectivity index (χ3n) is 2.14. The van der Waals surface area contributed by atoms with E-state index in [0.29, 0.717) is 12.5 Å². The highest BCUT2D eigenvalue weighted by Crippen LogP contribution is 2.14. The van der Waals surface area contributed by atoms with E-state index < -0.39 is 0 Å². The van der Waals surface area contributed by atoms with Gasteiger partial charge in [0.25, 0.3) is 5.91 Å². The quantitative estimate of drug-likeness (QED) is 0.549. The van der Waals surface area contributed by atoms with Crippen molar-refractivity contribution in [3.8, 4) is 11.8 Å². The molecule has 1 heterocycles. The van der Waals surface area contributed by atoms with Crippen molar-refractivity contribution in [2.75, 3.05) is 19.6 Å². The fraction of sp³-hybridized carbons (Fsp3) is 0.667. The van der Waals surface area contributed by atoms with Crippen LogP contribution in [0.5, 0.6) is 0 Å². The number of nitrogens with zero attached hydrogens (tertiary/aromatic N) is 1. The van der Waals surface area contributed by atoms with Crippen LogP contribution in [0, 0.1) is 17.8 Å². The molecule has 0 bridgehead atoms. The van der Waals surface area contributed by atoms with Crippen molar-refractivity contribution in [2.45, 2.75) is 13.3 Å². The second kappa shape index (κ2) is 4.13. The lowest BCUT2D eigenvalue weighted by Gasteiger charge is -2.11. The van der Waals surface area contributed by atoms with Crippen LogP contribution in [-0.4, -0.2) is 30.4 Å². The second-order valence-corrected chi connectivity index (χ2v) is 3.02. The average molecular weight is 166 g/mol. The minimum Gasteiger partial charge on any atom is -0.332 e. The number of carbonyl (C=O) groups is 1. The average Bonchev–Trinajstić information content (AvgIpc) is 2.52. The zero-order valence-corrected chi connectivity index (χ0v) is 7.34. The summed E-state index contributed by atoms with van der Waals surface area (Å²) in [6.45, 7) is 3.94. The molecule has 0 spiro atoms. The Morgan fingerprint density at radius 1 is 1.75 bits per heavy atom. The molecule has 1 unspecified atom stereocenters. The van der Waals surface area contributed by atoms with Crippen molar-refractivity contribution in [1.82, 2.24) is 4.90 Å². The van der Waals surface area contributed by atoms with E-state index in [0.717, 1.165) is 19.5 Å². The first-order valence-electron chi connectivity index (χ1n) is 4.19. The molecule has 0 aromatic carbocycles. The Bertz CT molecular complexity index is 226. The van der Waals surface area contributed by atoms with E-state index >= 15 is 0 Å². The number of hydrogen-bond acceptors (Lipinski definition) is 2. The van der Waals surface area contributed by atoms with Crippen LogP contribution in [0.15, 0.2) is 0 Å². The molecule has 0 saturated carbocycles. The van der Waals surface area contributed by atoms with Crippen molar-refractivity contribution >= 4 is 5.91 Å². The maximum atomic E-state index is 11.2. The monoisotopic (exact) mass is 166 g/mol. The molecule has 0 aliphatic carbocycles. The molecule has 1 fully saturated rings. The van der Waals surface area contributed by atoms with E-state index in [9.17, 15) is 4.79 Å². The summed E-state index contributed by atoms with van der Waals surface area (Å²) in [5.74, 6) is 5.55. The predicted octanol–water partition coefficient (Wildman–Crippen LogP) is -0.183. The predicted molar refractivity (Wildman–Crippen MR) is 47.2 cm³/mol. The van der Waals surface area contributed by atoms with Gasteiger partial charge in [0.2, 0.25) is 0 Å². The van der Waals surface area contributed by atoms with Crippen LogP contribution in [0.1, 0.15) is 13.3 Å². The van der Waals surface area contributed by atoms with E-state index in [1.807, 2.05) is 0 Å². The fourth-order valence-corrected chi connectivity index (χ4v) is 1.40. The van der Waals surface area contributed by atoms with Gasteiger partial charge in [-0.1, -0.05) is 5.92 Å². The molecule has 1 rings (SSSR count). The first-order chi connectivity index (χ1) is 5.77. The van der Waals surface area contributed by atoms with Crippen molar-refractivity contribution in [1.29, 1.82) is 0 Å². The maximum Gasteiger partial charge on any atom is 0.298 e. The zero-order chi connectivity index (χ0) is 8.97. The van der Waals surface area contributed by atoms with E-state index in [4.69, 9.17) is 5.73 Å². The van der Waals surface area contributed by atoms with Gasteiger partial charge in [0.1, 0.15) is 0 Å². The topological polar surface area (TPSA) is 46.3 Å². The molecule has 3 heteroatoms. The number of amides is 1. The summed E-state index contributed by atoms with van der Waals surface area (Å²) in [7, 11) is 0. The number of nitrogens with two attached hydrogens (primary N) is 1. The fourth-order valence-electron chi connectivity index (χ4n) is 1.40. The van der Waals surface area contributed by atoms with E-state index in [-0.39, 0.29) is 5.91 Å². The molecular weight excluding hydrogens is 152 g/mol. The summed E-state index contributed by atoms with van der Waals surface area (Å²) in [4.78, 5) is 13.0. The SMILES string of the molecule is CC#CC(=O)N1CCC(CN)C1. The first-order valence-corrected chi connectivity index (χ1v) is 4.19. The van der Waals surface area contributed by atoms with Gasteiger partial charge in [-0.25, -0.2) is 0 Å². The van der Waals surface area contributed by atoms with Crippen LogP contribution in [0.25, 0.3) is 0 Å². The minimum atomic E-state index is -0.0616. The van der Waals surface area contributed by atoms with Crippen LogP contribution < -0.4 is 5.73 Å². The van der Waals surface area contributed by atoms with Crippen molar-refractivity contribution < 1.29 is 4.79 Å². The lowest BCUT2D eigenvalue weighted by atomic mass is 10.1. The Hall–Kier alpha value is -1.01. The van der Waals surface area contributed by atoms with Crippen molar-refractivity contribution in [3.63, 3.8) is 0 Å². The Balaban J connectivity index is 2.44. The van der Waals surface area contributed by atoms with Crippen molar-refractivity contribution in [2.24, 2.45) is 11.7 Å². The van der Waals surface area contributed by atoms with Gasteiger partial charge < -0.3 is 10.6 Å². The molecule has 66 valence electrons.